The first kappa shape index (κ1) is 19.3. The minimum absolute atomic E-state index is 0.147. The SMILES string of the molecule is O=C(NCc1ccc(F)cc1)c1cnc2n1CCN(CCc1ccccc1)CC2. The van der Waals surface area contributed by atoms with E-state index < -0.39 is 0 Å². The molecule has 29 heavy (non-hydrogen) atoms. The molecule has 1 aromatic heterocycles. The Morgan fingerprint density at radius 3 is 2.59 bits per heavy atom. The van der Waals surface area contributed by atoms with Crippen LogP contribution in [-0.4, -0.2) is 40.0 Å². The highest BCUT2D eigenvalue weighted by atomic mass is 19.1. The van der Waals surface area contributed by atoms with Crippen LogP contribution in [0.25, 0.3) is 0 Å². The summed E-state index contributed by atoms with van der Waals surface area (Å²) in [7, 11) is 0. The Kier molecular flexibility index (Phi) is 6.00. The van der Waals surface area contributed by atoms with Crippen LogP contribution in [0.3, 0.4) is 0 Å². The molecule has 6 heteroatoms. The van der Waals surface area contributed by atoms with E-state index in [4.69, 9.17) is 0 Å². The number of nitrogens with zero attached hydrogens (tertiary/aromatic N) is 3. The van der Waals surface area contributed by atoms with Crippen molar-refractivity contribution in [1.82, 2.24) is 19.8 Å². The first-order chi connectivity index (χ1) is 14.2. The number of amides is 1. The number of nitrogens with one attached hydrogen (secondary N) is 1. The lowest BCUT2D eigenvalue weighted by molar-refractivity contribution is 0.0941. The zero-order chi connectivity index (χ0) is 20.1. The predicted octanol–water partition coefficient (Wildman–Crippen LogP) is 3.05. The summed E-state index contributed by atoms with van der Waals surface area (Å²) in [5.41, 5.74) is 2.80. The normalized spacial score (nSPS) is 14.2. The van der Waals surface area contributed by atoms with Gasteiger partial charge in [0.05, 0.1) is 6.20 Å². The third-order valence-corrected chi connectivity index (χ3v) is 5.39. The van der Waals surface area contributed by atoms with Crippen LogP contribution in [-0.2, 0) is 25.9 Å². The molecule has 150 valence electrons. The van der Waals surface area contributed by atoms with E-state index in [1.807, 2.05) is 10.6 Å². The van der Waals surface area contributed by atoms with Crippen LogP contribution < -0.4 is 5.32 Å². The largest absolute Gasteiger partial charge is 0.347 e. The summed E-state index contributed by atoms with van der Waals surface area (Å²) in [6.45, 7) is 3.96. The molecule has 4 rings (SSSR count). The van der Waals surface area contributed by atoms with Crippen LogP contribution in [0.4, 0.5) is 4.39 Å². The number of hydrogen-bond acceptors (Lipinski definition) is 3. The van der Waals surface area contributed by atoms with Crippen molar-refractivity contribution < 1.29 is 9.18 Å². The van der Waals surface area contributed by atoms with Gasteiger partial charge in [-0.15, -0.1) is 0 Å². The quantitative estimate of drug-likeness (QED) is 0.702. The molecular weight excluding hydrogens is 367 g/mol. The van der Waals surface area contributed by atoms with Gasteiger partial charge in [-0.3, -0.25) is 4.79 Å². The zero-order valence-corrected chi connectivity index (χ0v) is 16.4. The van der Waals surface area contributed by atoms with Crippen molar-refractivity contribution in [2.45, 2.75) is 25.9 Å². The number of carbonyl (C=O) groups is 1. The fourth-order valence-corrected chi connectivity index (χ4v) is 3.69. The monoisotopic (exact) mass is 392 g/mol. The summed E-state index contributed by atoms with van der Waals surface area (Å²) in [6.07, 6.45) is 3.52. The van der Waals surface area contributed by atoms with Crippen LogP contribution in [0.1, 0.15) is 27.4 Å². The molecule has 0 unspecified atom stereocenters. The van der Waals surface area contributed by atoms with E-state index in [1.54, 1.807) is 18.3 Å². The number of benzene rings is 2. The number of rotatable bonds is 6. The molecule has 2 heterocycles. The van der Waals surface area contributed by atoms with Gasteiger partial charge in [-0.2, -0.15) is 0 Å². The Morgan fingerprint density at radius 1 is 1.00 bits per heavy atom. The van der Waals surface area contributed by atoms with Gasteiger partial charge >= 0.3 is 0 Å². The van der Waals surface area contributed by atoms with Crippen LogP contribution >= 0.6 is 0 Å². The first-order valence-electron chi connectivity index (χ1n) is 10.0. The molecular formula is C23H25FN4O. The molecule has 1 amide bonds. The van der Waals surface area contributed by atoms with Gasteiger partial charge in [0.15, 0.2) is 0 Å². The van der Waals surface area contributed by atoms with Crippen LogP contribution in [0.5, 0.6) is 0 Å². The fraction of sp³-hybridized carbons (Fsp3) is 0.304. The summed E-state index contributed by atoms with van der Waals surface area (Å²) < 4.78 is 15.0. The van der Waals surface area contributed by atoms with Gasteiger partial charge in [-0.1, -0.05) is 42.5 Å². The number of halogens is 1. The zero-order valence-electron chi connectivity index (χ0n) is 16.4. The molecule has 0 saturated heterocycles. The topological polar surface area (TPSA) is 50.2 Å². The lowest BCUT2D eigenvalue weighted by Gasteiger charge is -2.19. The average molecular weight is 392 g/mol. The summed E-state index contributed by atoms with van der Waals surface area (Å²) >= 11 is 0. The maximum atomic E-state index is 13.0. The summed E-state index contributed by atoms with van der Waals surface area (Å²) in [6, 6.07) is 16.7. The number of carbonyl (C=O) groups excluding carboxylic acids is 1. The van der Waals surface area contributed by atoms with E-state index in [1.165, 1.54) is 17.7 Å². The van der Waals surface area contributed by atoms with Gasteiger partial charge in [-0.05, 0) is 29.7 Å². The minimum Gasteiger partial charge on any atom is -0.347 e. The van der Waals surface area contributed by atoms with Crippen molar-refractivity contribution in [2.24, 2.45) is 0 Å². The number of fused-ring (bicyclic) bond motifs is 1. The molecule has 0 bridgehead atoms. The molecule has 0 atom stereocenters. The molecule has 0 aliphatic carbocycles. The molecule has 1 N–H and O–H groups in total. The summed E-state index contributed by atoms with van der Waals surface area (Å²) in [5, 5.41) is 2.91. The van der Waals surface area contributed by atoms with Gasteiger partial charge in [0, 0.05) is 39.1 Å². The third-order valence-electron chi connectivity index (χ3n) is 5.39. The van der Waals surface area contributed by atoms with Gasteiger partial charge in [0.25, 0.3) is 5.91 Å². The van der Waals surface area contributed by atoms with E-state index in [0.717, 1.165) is 50.4 Å². The molecule has 2 aromatic carbocycles. The molecule has 1 aliphatic rings. The highest BCUT2D eigenvalue weighted by molar-refractivity contribution is 5.92. The molecule has 0 saturated carbocycles. The van der Waals surface area contributed by atoms with E-state index in [0.29, 0.717) is 12.2 Å². The standard InChI is InChI=1S/C23H25FN4O/c24-20-8-6-19(7-9-20)16-26-23(29)21-17-25-22-11-13-27(14-15-28(21)22)12-10-18-4-2-1-3-5-18/h1-9,17H,10-16H2,(H,26,29). The Labute approximate surface area is 170 Å². The predicted molar refractivity (Wildman–Crippen MR) is 110 cm³/mol. The highest BCUT2D eigenvalue weighted by Crippen LogP contribution is 2.13. The second kappa shape index (κ2) is 9.01. The van der Waals surface area contributed by atoms with Gasteiger partial charge in [0.1, 0.15) is 17.3 Å². The van der Waals surface area contributed by atoms with E-state index in [-0.39, 0.29) is 11.7 Å². The smallest absolute Gasteiger partial charge is 0.269 e. The number of hydrogen-bond donors (Lipinski definition) is 1. The van der Waals surface area contributed by atoms with Crippen molar-refractivity contribution in [1.29, 1.82) is 0 Å². The second-order valence-electron chi connectivity index (χ2n) is 7.35. The van der Waals surface area contributed by atoms with E-state index in [2.05, 4.69) is 39.5 Å². The summed E-state index contributed by atoms with van der Waals surface area (Å²) in [4.78, 5) is 19.6. The van der Waals surface area contributed by atoms with Gasteiger partial charge in [-0.25, -0.2) is 9.37 Å². The Morgan fingerprint density at radius 2 is 1.79 bits per heavy atom. The van der Waals surface area contributed by atoms with Crippen molar-refractivity contribution in [3.8, 4) is 0 Å². The lowest BCUT2D eigenvalue weighted by Crippen LogP contribution is -2.30. The van der Waals surface area contributed by atoms with Crippen molar-refractivity contribution in [3.05, 3.63) is 89.3 Å². The number of aromatic nitrogens is 2. The van der Waals surface area contributed by atoms with Crippen LogP contribution in [0.2, 0.25) is 0 Å². The Balaban J connectivity index is 1.34. The third kappa shape index (κ3) is 4.90. The average Bonchev–Trinajstić information content (AvgIpc) is 3.05. The minimum atomic E-state index is -0.280. The van der Waals surface area contributed by atoms with E-state index in [9.17, 15) is 9.18 Å². The molecule has 1 aliphatic heterocycles. The Bertz CT molecular complexity index is 953. The number of imidazole rings is 1. The Hall–Kier alpha value is -2.99. The molecule has 3 aromatic rings. The van der Waals surface area contributed by atoms with E-state index >= 15 is 0 Å². The van der Waals surface area contributed by atoms with Crippen molar-refractivity contribution >= 4 is 5.91 Å². The van der Waals surface area contributed by atoms with Crippen molar-refractivity contribution in [3.63, 3.8) is 0 Å². The van der Waals surface area contributed by atoms with Gasteiger partial charge < -0.3 is 14.8 Å². The summed E-state index contributed by atoms with van der Waals surface area (Å²) in [5.74, 6) is 0.531. The lowest BCUT2D eigenvalue weighted by atomic mass is 10.1. The second-order valence-corrected chi connectivity index (χ2v) is 7.35. The van der Waals surface area contributed by atoms with Gasteiger partial charge in [0.2, 0.25) is 0 Å². The molecule has 0 fully saturated rings. The highest BCUT2D eigenvalue weighted by Gasteiger charge is 2.20. The molecule has 0 spiro atoms. The first-order valence-corrected chi connectivity index (χ1v) is 10.0. The van der Waals surface area contributed by atoms with Crippen LogP contribution in [0.15, 0.2) is 60.8 Å². The molecule has 0 radical (unpaired) electrons. The maximum absolute atomic E-state index is 13.0. The fourth-order valence-electron chi connectivity index (χ4n) is 3.69. The van der Waals surface area contributed by atoms with Crippen molar-refractivity contribution in [2.75, 3.05) is 19.6 Å². The maximum Gasteiger partial charge on any atom is 0.269 e. The van der Waals surface area contributed by atoms with Crippen LogP contribution in [0, 0.1) is 5.82 Å². The molecule has 5 nitrogen and oxygen atoms in total.